The first-order valence-corrected chi connectivity index (χ1v) is 10.3. The molecule has 0 spiro atoms. The summed E-state index contributed by atoms with van der Waals surface area (Å²) in [6.07, 6.45) is 1.11. The molecule has 0 saturated carbocycles. The summed E-state index contributed by atoms with van der Waals surface area (Å²) in [7, 11) is -3.36. The molecule has 0 atom stereocenters. The van der Waals surface area contributed by atoms with Crippen molar-refractivity contribution in [1.29, 1.82) is 0 Å². The molecule has 0 aromatic heterocycles. The van der Waals surface area contributed by atoms with Crippen LogP contribution in [0.3, 0.4) is 0 Å². The molecule has 0 unspecified atom stereocenters. The predicted molar refractivity (Wildman–Crippen MR) is 105 cm³/mol. The molecule has 3 aromatic rings. The molecule has 0 saturated heterocycles. The zero-order valence-electron chi connectivity index (χ0n) is 15.1. The number of carbonyl (C=O) groups is 1. The fourth-order valence-electron chi connectivity index (χ4n) is 2.48. The van der Waals surface area contributed by atoms with Gasteiger partial charge in [0.15, 0.2) is 9.84 Å². The summed E-state index contributed by atoms with van der Waals surface area (Å²) >= 11 is 0. The van der Waals surface area contributed by atoms with E-state index in [0.29, 0.717) is 17.0 Å². The van der Waals surface area contributed by atoms with E-state index < -0.39 is 15.7 Å². The van der Waals surface area contributed by atoms with E-state index >= 15 is 0 Å². The van der Waals surface area contributed by atoms with Crippen molar-refractivity contribution < 1.29 is 22.3 Å². The van der Waals surface area contributed by atoms with Crippen LogP contribution in [0.1, 0.15) is 15.9 Å². The van der Waals surface area contributed by atoms with Crippen molar-refractivity contribution in [3.05, 3.63) is 89.7 Å². The van der Waals surface area contributed by atoms with Crippen LogP contribution in [0.4, 0.5) is 10.1 Å². The fraction of sp³-hybridized carbons (Fsp3) is 0.0952. The Kier molecular flexibility index (Phi) is 5.75. The van der Waals surface area contributed by atoms with Gasteiger partial charge in [-0.1, -0.05) is 24.3 Å². The molecule has 3 aromatic carbocycles. The van der Waals surface area contributed by atoms with Gasteiger partial charge in [0.1, 0.15) is 18.2 Å². The predicted octanol–water partition coefficient (Wildman–Crippen LogP) is 4.06. The summed E-state index contributed by atoms with van der Waals surface area (Å²) in [5.41, 5.74) is 1.54. The molecular formula is C21H18FNO4S. The maximum Gasteiger partial charge on any atom is 0.255 e. The van der Waals surface area contributed by atoms with Crippen molar-refractivity contribution >= 4 is 21.4 Å². The molecule has 1 N–H and O–H groups in total. The topological polar surface area (TPSA) is 72.5 Å². The van der Waals surface area contributed by atoms with Gasteiger partial charge in [0.25, 0.3) is 5.91 Å². The minimum absolute atomic E-state index is 0.127. The highest BCUT2D eigenvalue weighted by molar-refractivity contribution is 7.90. The third-order valence-corrected chi connectivity index (χ3v) is 5.05. The van der Waals surface area contributed by atoms with E-state index in [9.17, 15) is 17.6 Å². The molecule has 0 fully saturated rings. The van der Waals surface area contributed by atoms with Crippen LogP contribution in [0.15, 0.2) is 77.7 Å². The number of ether oxygens (including phenoxy) is 1. The van der Waals surface area contributed by atoms with Crippen LogP contribution in [-0.2, 0) is 16.4 Å². The molecule has 28 heavy (non-hydrogen) atoms. The number of nitrogens with one attached hydrogen (secondary N) is 1. The van der Waals surface area contributed by atoms with Crippen molar-refractivity contribution in [2.75, 3.05) is 11.6 Å². The van der Waals surface area contributed by atoms with Crippen molar-refractivity contribution in [1.82, 2.24) is 0 Å². The number of hydrogen-bond acceptors (Lipinski definition) is 4. The summed E-state index contributed by atoms with van der Waals surface area (Å²) in [6, 6.07) is 18.6. The Morgan fingerprint density at radius 2 is 1.71 bits per heavy atom. The van der Waals surface area contributed by atoms with E-state index in [1.165, 1.54) is 24.3 Å². The average molecular weight is 399 g/mol. The molecule has 1 amide bonds. The molecule has 0 radical (unpaired) electrons. The van der Waals surface area contributed by atoms with Crippen molar-refractivity contribution in [3.63, 3.8) is 0 Å². The molecule has 0 aliphatic carbocycles. The number of halogens is 1. The number of hydrogen-bond donors (Lipinski definition) is 1. The Balaban J connectivity index is 1.69. The quantitative estimate of drug-likeness (QED) is 0.678. The first kappa shape index (κ1) is 19.6. The van der Waals surface area contributed by atoms with Crippen molar-refractivity contribution in [2.24, 2.45) is 0 Å². The highest BCUT2D eigenvalue weighted by atomic mass is 32.2. The highest BCUT2D eigenvalue weighted by Gasteiger charge is 2.11. The summed E-state index contributed by atoms with van der Waals surface area (Å²) in [6.45, 7) is 0.238. The van der Waals surface area contributed by atoms with Crippen molar-refractivity contribution in [2.45, 2.75) is 11.5 Å². The number of benzene rings is 3. The van der Waals surface area contributed by atoms with Gasteiger partial charge in [-0.15, -0.1) is 0 Å². The number of rotatable bonds is 6. The van der Waals surface area contributed by atoms with Crippen LogP contribution in [0, 0.1) is 5.82 Å². The lowest BCUT2D eigenvalue weighted by molar-refractivity contribution is 0.102. The van der Waals surface area contributed by atoms with E-state index in [4.69, 9.17) is 4.74 Å². The number of amides is 1. The Labute approximate surface area is 162 Å². The van der Waals surface area contributed by atoms with E-state index in [1.54, 1.807) is 48.5 Å². The fourth-order valence-corrected chi connectivity index (χ4v) is 3.15. The van der Waals surface area contributed by atoms with Crippen molar-refractivity contribution in [3.8, 4) is 5.75 Å². The smallest absolute Gasteiger partial charge is 0.255 e. The third-order valence-electron chi connectivity index (χ3n) is 3.94. The molecule has 144 valence electrons. The zero-order chi connectivity index (χ0) is 20.1. The van der Waals surface area contributed by atoms with Gasteiger partial charge >= 0.3 is 0 Å². The second-order valence-corrected chi connectivity index (χ2v) is 8.21. The SMILES string of the molecule is CS(=O)(=O)c1cccc(NC(=O)c2cccc(OCc3ccc(F)cc3)c2)c1. The Morgan fingerprint density at radius 1 is 1.00 bits per heavy atom. The van der Waals surface area contributed by atoms with Crippen LogP contribution >= 0.6 is 0 Å². The van der Waals surface area contributed by atoms with Gasteiger partial charge in [-0.3, -0.25) is 4.79 Å². The van der Waals surface area contributed by atoms with Crippen LogP contribution in [-0.4, -0.2) is 20.6 Å². The third kappa shape index (κ3) is 5.17. The van der Waals surface area contributed by atoms with Gasteiger partial charge in [-0.2, -0.15) is 0 Å². The second-order valence-electron chi connectivity index (χ2n) is 6.20. The Morgan fingerprint density at radius 3 is 2.43 bits per heavy atom. The van der Waals surface area contributed by atoms with Gasteiger partial charge in [0, 0.05) is 17.5 Å². The van der Waals surface area contributed by atoms with E-state index in [1.807, 2.05) is 0 Å². The van der Waals surface area contributed by atoms with E-state index in [2.05, 4.69) is 5.32 Å². The molecule has 7 heteroatoms. The first-order valence-electron chi connectivity index (χ1n) is 8.40. The number of carbonyl (C=O) groups excluding carboxylic acids is 1. The standard InChI is InChI=1S/C21H18FNO4S/c1-28(25,26)20-7-3-5-18(13-20)23-21(24)16-4-2-6-19(12-16)27-14-15-8-10-17(22)11-9-15/h2-13H,14H2,1H3,(H,23,24). The minimum atomic E-state index is -3.36. The lowest BCUT2D eigenvalue weighted by atomic mass is 10.2. The molecule has 5 nitrogen and oxygen atoms in total. The Hall–Kier alpha value is -3.19. The van der Waals surface area contributed by atoms with Gasteiger partial charge in [0.05, 0.1) is 4.90 Å². The molecule has 0 aliphatic rings. The lowest BCUT2D eigenvalue weighted by Gasteiger charge is -2.10. The maximum absolute atomic E-state index is 12.9. The van der Waals surface area contributed by atoms with Gasteiger partial charge in [-0.05, 0) is 54.1 Å². The normalized spacial score (nSPS) is 11.1. The van der Waals surface area contributed by atoms with E-state index in [0.717, 1.165) is 11.8 Å². The average Bonchev–Trinajstić information content (AvgIpc) is 2.67. The van der Waals surface area contributed by atoms with Crippen LogP contribution in [0.2, 0.25) is 0 Å². The van der Waals surface area contributed by atoms with Gasteiger partial charge in [0.2, 0.25) is 0 Å². The summed E-state index contributed by atoms with van der Waals surface area (Å²) in [4.78, 5) is 12.6. The Bertz CT molecular complexity index is 1100. The minimum Gasteiger partial charge on any atom is -0.489 e. The number of sulfone groups is 1. The highest BCUT2D eigenvalue weighted by Crippen LogP contribution is 2.19. The monoisotopic (exact) mass is 399 g/mol. The molecule has 0 aliphatic heterocycles. The second kappa shape index (κ2) is 8.22. The van der Waals surface area contributed by atoms with Crippen LogP contribution < -0.4 is 10.1 Å². The van der Waals surface area contributed by atoms with E-state index in [-0.39, 0.29) is 17.3 Å². The molecular weight excluding hydrogens is 381 g/mol. The maximum atomic E-state index is 12.9. The van der Waals surface area contributed by atoms with Crippen LogP contribution in [0.5, 0.6) is 5.75 Å². The summed E-state index contributed by atoms with van der Waals surface area (Å²) in [5.74, 6) is -0.220. The van der Waals surface area contributed by atoms with Gasteiger partial charge < -0.3 is 10.1 Å². The molecule has 0 heterocycles. The summed E-state index contributed by atoms with van der Waals surface area (Å²) in [5, 5.41) is 2.68. The largest absolute Gasteiger partial charge is 0.489 e. The number of anilines is 1. The first-order chi connectivity index (χ1) is 13.3. The summed E-state index contributed by atoms with van der Waals surface area (Å²) < 4.78 is 41.9. The molecule has 0 bridgehead atoms. The van der Waals surface area contributed by atoms with Gasteiger partial charge in [-0.25, -0.2) is 12.8 Å². The van der Waals surface area contributed by atoms with Crippen LogP contribution in [0.25, 0.3) is 0 Å². The lowest BCUT2D eigenvalue weighted by Crippen LogP contribution is -2.12. The zero-order valence-corrected chi connectivity index (χ0v) is 15.9. The molecule has 3 rings (SSSR count).